The van der Waals surface area contributed by atoms with Crippen LogP contribution in [0.2, 0.25) is 0 Å². The Labute approximate surface area is 269 Å². The molecule has 3 N–H and O–H groups in total. The summed E-state index contributed by atoms with van der Waals surface area (Å²) in [5.74, 6) is 2.56. The second-order valence-electron chi connectivity index (χ2n) is 12.2. The molecule has 7 rings (SSSR count). The number of methoxy groups -OCH3 is 1. The fourth-order valence-electron chi connectivity index (χ4n) is 6.73. The van der Waals surface area contributed by atoms with Gasteiger partial charge in [-0.15, -0.1) is 10.2 Å². The number of para-hydroxylation sites is 1. The molecule has 0 saturated carbocycles. The van der Waals surface area contributed by atoms with Gasteiger partial charge in [0.2, 0.25) is 5.91 Å². The summed E-state index contributed by atoms with van der Waals surface area (Å²) >= 11 is 0. The summed E-state index contributed by atoms with van der Waals surface area (Å²) in [6, 6.07) is 31.0. The van der Waals surface area contributed by atoms with Crippen molar-refractivity contribution < 1.29 is 9.53 Å². The minimum absolute atomic E-state index is 0.0180. The molecule has 1 amide bonds. The summed E-state index contributed by atoms with van der Waals surface area (Å²) in [6.45, 7) is 2.31. The Kier molecular flexibility index (Phi) is 8.78. The number of aryl methyl sites for hydroxylation is 2. The first kappa shape index (κ1) is 29.7. The molecule has 0 aliphatic carbocycles. The average Bonchev–Trinajstić information content (AvgIpc) is 3.71. The standard InChI is InChI=1S/C38H40N6O2/c1-46-31-16-13-26(14-17-31)25-44-36(18-15-30-24-40-34-12-5-4-11-33(30)34)42-43-37(44)35(41-38(45)28-19-21-39-22-20-28)23-29-9-6-8-27-7-2-3-10-32(27)29/h2-14,16-17,24,28,35,39-40H,15,18-23,25H2,1H3,(H,41,45)/t35-/m1/s1. The molecular formula is C38H40N6O2. The number of piperidine rings is 1. The Morgan fingerprint density at radius 3 is 2.48 bits per heavy atom. The molecule has 0 unspecified atom stereocenters. The lowest BCUT2D eigenvalue weighted by Gasteiger charge is -2.26. The van der Waals surface area contributed by atoms with Crippen molar-refractivity contribution >= 4 is 27.6 Å². The average molecular weight is 613 g/mol. The molecule has 0 radical (unpaired) electrons. The second-order valence-corrected chi connectivity index (χ2v) is 12.2. The van der Waals surface area contributed by atoms with Gasteiger partial charge in [-0.3, -0.25) is 4.79 Å². The molecule has 0 spiro atoms. The van der Waals surface area contributed by atoms with Gasteiger partial charge in [-0.05, 0) is 78.0 Å². The van der Waals surface area contributed by atoms with Crippen molar-refractivity contribution in [2.75, 3.05) is 20.2 Å². The summed E-state index contributed by atoms with van der Waals surface area (Å²) in [6.07, 6.45) is 5.91. The number of rotatable bonds is 11. The highest BCUT2D eigenvalue weighted by Gasteiger charge is 2.28. The number of hydrogen-bond acceptors (Lipinski definition) is 5. The zero-order valence-corrected chi connectivity index (χ0v) is 26.2. The summed E-state index contributed by atoms with van der Waals surface area (Å²) in [5.41, 5.74) is 4.67. The number of H-pyrrole nitrogens is 1. The molecule has 1 aliphatic rings. The van der Waals surface area contributed by atoms with Crippen LogP contribution in [0.5, 0.6) is 5.75 Å². The van der Waals surface area contributed by atoms with Crippen molar-refractivity contribution in [3.8, 4) is 5.75 Å². The quantitative estimate of drug-likeness (QED) is 0.163. The van der Waals surface area contributed by atoms with Crippen molar-refractivity contribution in [1.82, 2.24) is 30.4 Å². The Morgan fingerprint density at radius 1 is 0.891 bits per heavy atom. The monoisotopic (exact) mass is 612 g/mol. The lowest BCUT2D eigenvalue weighted by Crippen LogP contribution is -2.41. The van der Waals surface area contributed by atoms with E-state index < -0.39 is 0 Å². The topological polar surface area (TPSA) is 96.9 Å². The van der Waals surface area contributed by atoms with Crippen LogP contribution in [0.3, 0.4) is 0 Å². The first-order valence-electron chi connectivity index (χ1n) is 16.2. The van der Waals surface area contributed by atoms with Crippen LogP contribution in [0.1, 0.15) is 47.2 Å². The summed E-state index contributed by atoms with van der Waals surface area (Å²) in [4.78, 5) is 17.2. The molecule has 1 aliphatic heterocycles. The van der Waals surface area contributed by atoms with Crippen molar-refractivity contribution in [3.63, 3.8) is 0 Å². The van der Waals surface area contributed by atoms with E-state index in [9.17, 15) is 4.79 Å². The number of fused-ring (bicyclic) bond motifs is 2. The van der Waals surface area contributed by atoms with Crippen molar-refractivity contribution in [3.05, 3.63) is 126 Å². The lowest BCUT2D eigenvalue weighted by molar-refractivity contribution is -0.126. The van der Waals surface area contributed by atoms with Crippen LogP contribution in [0, 0.1) is 5.92 Å². The maximum absolute atomic E-state index is 13.8. The fraction of sp³-hybridized carbons (Fsp3) is 0.289. The van der Waals surface area contributed by atoms with Crippen LogP contribution in [0.4, 0.5) is 0 Å². The predicted molar refractivity (Wildman–Crippen MR) is 182 cm³/mol. The van der Waals surface area contributed by atoms with Crippen LogP contribution < -0.4 is 15.4 Å². The normalized spacial score (nSPS) is 14.5. The number of carbonyl (C=O) groups excluding carboxylic acids is 1. The highest BCUT2D eigenvalue weighted by molar-refractivity contribution is 5.86. The third-order valence-electron chi connectivity index (χ3n) is 9.29. The van der Waals surface area contributed by atoms with E-state index in [1.807, 2.05) is 12.1 Å². The van der Waals surface area contributed by atoms with Gasteiger partial charge in [0, 0.05) is 35.9 Å². The molecule has 1 atom stereocenters. The first-order valence-corrected chi connectivity index (χ1v) is 16.2. The van der Waals surface area contributed by atoms with Crippen molar-refractivity contribution in [2.45, 2.75) is 44.7 Å². The number of aromatic amines is 1. The van der Waals surface area contributed by atoms with Crippen LogP contribution in [-0.2, 0) is 30.6 Å². The van der Waals surface area contributed by atoms with E-state index in [1.165, 1.54) is 27.3 Å². The number of amides is 1. The van der Waals surface area contributed by atoms with E-state index in [0.29, 0.717) is 19.4 Å². The van der Waals surface area contributed by atoms with Crippen molar-refractivity contribution in [2.24, 2.45) is 5.92 Å². The molecule has 234 valence electrons. The molecule has 4 aromatic carbocycles. The number of benzene rings is 4. The smallest absolute Gasteiger partial charge is 0.223 e. The number of nitrogens with one attached hydrogen (secondary N) is 3. The van der Waals surface area contributed by atoms with Crippen LogP contribution in [-0.4, -0.2) is 45.9 Å². The molecule has 46 heavy (non-hydrogen) atoms. The van der Waals surface area contributed by atoms with E-state index in [2.05, 4.69) is 105 Å². The van der Waals surface area contributed by atoms with Crippen molar-refractivity contribution in [1.29, 1.82) is 0 Å². The third-order valence-corrected chi connectivity index (χ3v) is 9.29. The van der Waals surface area contributed by atoms with Gasteiger partial charge in [0.1, 0.15) is 11.6 Å². The molecule has 8 nitrogen and oxygen atoms in total. The van der Waals surface area contributed by atoms with E-state index in [1.54, 1.807) is 7.11 Å². The van der Waals surface area contributed by atoms with Gasteiger partial charge >= 0.3 is 0 Å². The largest absolute Gasteiger partial charge is 0.497 e. The zero-order chi connectivity index (χ0) is 31.3. The molecule has 3 heterocycles. The summed E-state index contributed by atoms with van der Waals surface area (Å²) < 4.78 is 7.64. The van der Waals surface area contributed by atoms with Crippen LogP contribution in [0.25, 0.3) is 21.7 Å². The number of hydrogen-bond donors (Lipinski definition) is 3. The molecule has 1 fully saturated rings. The molecule has 6 aromatic rings. The molecule has 0 bridgehead atoms. The number of nitrogens with zero attached hydrogens (tertiary/aromatic N) is 3. The molecule has 1 saturated heterocycles. The lowest BCUT2D eigenvalue weighted by atomic mass is 9.95. The van der Waals surface area contributed by atoms with Gasteiger partial charge in [0.15, 0.2) is 5.82 Å². The predicted octanol–water partition coefficient (Wildman–Crippen LogP) is 6.15. The number of carbonyl (C=O) groups is 1. The SMILES string of the molecule is COc1ccc(Cn2c(CCc3c[nH]c4ccccc34)nnc2[C@@H](Cc2cccc3ccccc23)NC(=O)C2CCNCC2)cc1. The third kappa shape index (κ3) is 6.39. The van der Waals surface area contributed by atoms with Gasteiger partial charge in [-0.25, -0.2) is 0 Å². The maximum atomic E-state index is 13.8. The van der Waals surface area contributed by atoms with E-state index in [0.717, 1.165) is 60.8 Å². The second kappa shape index (κ2) is 13.6. The van der Waals surface area contributed by atoms with E-state index >= 15 is 0 Å². The van der Waals surface area contributed by atoms with Gasteiger partial charge in [-0.2, -0.15) is 0 Å². The Morgan fingerprint density at radius 2 is 1.65 bits per heavy atom. The van der Waals surface area contributed by atoms with Gasteiger partial charge in [0.05, 0.1) is 19.7 Å². The molecule has 8 heteroatoms. The van der Waals surface area contributed by atoms with Gasteiger partial charge < -0.3 is 24.9 Å². The molecule has 2 aromatic heterocycles. The highest BCUT2D eigenvalue weighted by atomic mass is 16.5. The Balaban J connectivity index is 1.26. The van der Waals surface area contributed by atoms with Crippen LogP contribution >= 0.6 is 0 Å². The molecular weight excluding hydrogens is 572 g/mol. The van der Waals surface area contributed by atoms with Gasteiger partial charge in [0.25, 0.3) is 0 Å². The van der Waals surface area contributed by atoms with Crippen LogP contribution in [0.15, 0.2) is 97.2 Å². The van der Waals surface area contributed by atoms with E-state index in [-0.39, 0.29) is 17.9 Å². The Hall–Kier alpha value is -4.95. The highest BCUT2D eigenvalue weighted by Crippen LogP contribution is 2.27. The minimum atomic E-state index is -0.347. The zero-order valence-electron chi connectivity index (χ0n) is 26.2. The van der Waals surface area contributed by atoms with E-state index in [4.69, 9.17) is 14.9 Å². The maximum Gasteiger partial charge on any atom is 0.223 e. The summed E-state index contributed by atoms with van der Waals surface area (Å²) in [7, 11) is 1.68. The summed E-state index contributed by atoms with van der Waals surface area (Å²) in [5, 5.41) is 20.1. The first-order chi connectivity index (χ1) is 22.7. The fourth-order valence-corrected chi connectivity index (χ4v) is 6.73. The minimum Gasteiger partial charge on any atom is -0.497 e. The number of aromatic nitrogens is 4. The number of ether oxygens (including phenoxy) is 1. The Bertz CT molecular complexity index is 1930. The van der Waals surface area contributed by atoms with Gasteiger partial charge in [-0.1, -0.05) is 72.8 Å².